The Labute approximate surface area is 300 Å². The average molecular weight is 700 g/mol. The van der Waals surface area contributed by atoms with Gasteiger partial charge < -0.3 is 20.2 Å². The van der Waals surface area contributed by atoms with Crippen molar-refractivity contribution in [3.63, 3.8) is 0 Å². The van der Waals surface area contributed by atoms with Gasteiger partial charge in [-0.3, -0.25) is 14.4 Å². The molecule has 1 aliphatic carbocycles. The van der Waals surface area contributed by atoms with Crippen LogP contribution in [0.25, 0.3) is 11.4 Å². The molecular formula is C40H53N5O4S. The first-order valence-electron chi connectivity index (χ1n) is 18.7. The van der Waals surface area contributed by atoms with E-state index in [0.29, 0.717) is 23.0 Å². The van der Waals surface area contributed by atoms with Crippen molar-refractivity contribution in [3.05, 3.63) is 64.1 Å². The summed E-state index contributed by atoms with van der Waals surface area (Å²) >= 11 is 1.45. The third-order valence-corrected chi connectivity index (χ3v) is 12.2. The summed E-state index contributed by atoms with van der Waals surface area (Å²) in [5.41, 5.74) is 2.84. The summed E-state index contributed by atoms with van der Waals surface area (Å²) < 4.78 is 0. The maximum Gasteiger partial charge on any atom is 0.310 e. The van der Waals surface area contributed by atoms with Crippen LogP contribution in [0.1, 0.15) is 92.3 Å². The lowest BCUT2D eigenvalue weighted by molar-refractivity contribution is -0.153. The largest absolute Gasteiger partial charge is 0.481 e. The summed E-state index contributed by atoms with van der Waals surface area (Å²) in [6.07, 6.45) is 15.9. The molecule has 268 valence electrons. The minimum Gasteiger partial charge on any atom is -0.481 e. The Balaban J connectivity index is 1.05. The van der Waals surface area contributed by atoms with Gasteiger partial charge in [-0.1, -0.05) is 70.7 Å². The van der Waals surface area contributed by atoms with E-state index in [-0.39, 0.29) is 24.9 Å². The van der Waals surface area contributed by atoms with Crippen LogP contribution in [0.15, 0.2) is 48.8 Å². The smallest absolute Gasteiger partial charge is 0.310 e. The van der Waals surface area contributed by atoms with Crippen LogP contribution in [0.2, 0.25) is 0 Å². The molecule has 10 heteroatoms. The molecule has 1 atom stereocenters. The molecule has 3 aliphatic rings. The van der Waals surface area contributed by atoms with Crippen LogP contribution in [0, 0.1) is 29.6 Å². The molecule has 50 heavy (non-hydrogen) atoms. The number of carboxylic acids is 1. The van der Waals surface area contributed by atoms with Gasteiger partial charge in [0.15, 0.2) is 5.82 Å². The lowest BCUT2D eigenvalue weighted by Crippen LogP contribution is -2.59. The van der Waals surface area contributed by atoms with Crippen molar-refractivity contribution < 1.29 is 19.5 Å². The molecule has 2 aliphatic heterocycles. The molecule has 2 aromatic heterocycles. The Morgan fingerprint density at radius 3 is 2.18 bits per heavy atom. The summed E-state index contributed by atoms with van der Waals surface area (Å²) in [4.78, 5) is 53.2. The molecule has 2 amide bonds. The van der Waals surface area contributed by atoms with E-state index in [2.05, 4.69) is 31.0 Å². The highest BCUT2D eigenvalue weighted by Gasteiger charge is 2.39. The highest BCUT2D eigenvalue weighted by molar-refractivity contribution is 7.14. The minimum atomic E-state index is -0.906. The van der Waals surface area contributed by atoms with Crippen LogP contribution >= 0.6 is 11.3 Å². The zero-order valence-electron chi connectivity index (χ0n) is 29.9. The fourth-order valence-corrected chi connectivity index (χ4v) is 9.24. The molecule has 2 saturated heterocycles. The zero-order valence-corrected chi connectivity index (χ0v) is 30.7. The van der Waals surface area contributed by atoms with Crippen LogP contribution in [0.4, 0.5) is 5.69 Å². The second-order valence-electron chi connectivity index (χ2n) is 15.2. The average Bonchev–Trinajstić information content (AvgIpc) is 3.56. The molecular weight excluding hydrogens is 647 g/mol. The number of carbonyl (C=O) groups is 3. The molecule has 0 unspecified atom stereocenters. The van der Waals surface area contributed by atoms with Crippen LogP contribution in [0.5, 0.6) is 0 Å². The van der Waals surface area contributed by atoms with Gasteiger partial charge in [-0.15, -0.1) is 11.3 Å². The van der Waals surface area contributed by atoms with Crippen molar-refractivity contribution in [2.75, 3.05) is 31.1 Å². The fourth-order valence-electron chi connectivity index (χ4n) is 8.12. The number of carbonyl (C=O) groups excluding carboxylic acids is 2. The lowest BCUT2D eigenvalue weighted by Gasteiger charge is -2.39. The number of aliphatic carboxylic acids is 1. The van der Waals surface area contributed by atoms with Crippen LogP contribution in [-0.4, -0.2) is 70.0 Å². The van der Waals surface area contributed by atoms with Gasteiger partial charge >= 0.3 is 5.97 Å². The lowest BCUT2D eigenvalue weighted by atomic mass is 9.72. The molecule has 2 N–H and O–H groups in total. The highest BCUT2D eigenvalue weighted by Crippen LogP contribution is 2.39. The second kappa shape index (κ2) is 16.5. The van der Waals surface area contributed by atoms with Crippen LogP contribution in [0.3, 0.4) is 0 Å². The number of rotatable bonds is 13. The summed E-state index contributed by atoms with van der Waals surface area (Å²) in [5, 5.41) is 12.3. The van der Waals surface area contributed by atoms with E-state index in [1.165, 1.54) is 67.6 Å². The van der Waals surface area contributed by atoms with Crippen molar-refractivity contribution in [1.29, 1.82) is 0 Å². The maximum absolute atomic E-state index is 13.5. The van der Waals surface area contributed by atoms with Gasteiger partial charge in [0.25, 0.3) is 5.91 Å². The molecule has 4 heterocycles. The van der Waals surface area contributed by atoms with E-state index in [1.54, 1.807) is 0 Å². The number of aromatic nitrogens is 2. The van der Waals surface area contributed by atoms with Crippen molar-refractivity contribution in [2.45, 2.75) is 91.0 Å². The van der Waals surface area contributed by atoms with Crippen molar-refractivity contribution in [2.24, 2.45) is 29.6 Å². The number of likely N-dealkylation sites (tertiary alicyclic amines) is 1. The Morgan fingerprint density at radius 2 is 1.56 bits per heavy atom. The number of anilines is 1. The number of piperidine rings is 1. The highest BCUT2D eigenvalue weighted by atomic mass is 32.1. The Hall–Kier alpha value is -3.79. The fraction of sp³-hybridized carbons (Fsp3) is 0.575. The Morgan fingerprint density at radius 1 is 0.900 bits per heavy atom. The van der Waals surface area contributed by atoms with Crippen LogP contribution < -0.4 is 10.2 Å². The molecule has 6 rings (SSSR count). The van der Waals surface area contributed by atoms with Gasteiger partial charge in [-0.05, 0) is 73.5 Å². The summed E-state index contributed by atoms with van der Waals surface area (Å²) in [5.74, 6) is 1.81. The second-order valence-corrected chi connectivity index (χ2v) is 16.4. The molecule has 0 radical (unpaired) electrons. The predicted molar refractivity (Wildman–Crippen MR) is 198 cm³/mol. The molecule has 9 nitrogen and oxygen atoms in total. The molecule has 1 saturated carbocycles. The van der Waals surface area contributed by atoms with Crippen molar-refractivity contribution >= 4 is 34.8 Å². The Kier molecular flexibility index (Phi) is 11.9. The first-order chi connectivity index (χ1) is 24.2. The quantitative estimate of drug-likeness (QED) is 0.195. The SMILES string of the molecule is CCC[C@H]1CC[C@H](C2CCN(c3cnc(-c4ccc(C[C@H](NC(=O)c5ccc(CC(C)C)s5)C(=O)N5CC(C(=O)O)C5)cc4)nc3)CC2)CC1. The van der Waals surface area contributed by atoms with E-state index in [0.717, 1.165) is 59.0 Å². The van der Waals surface area contributed by atoms with Gasteiger partial charge in [-0.2, -0.15) is 0 Å². The van der Waals surface area contributed by atoms with Gasteiger partial charge in [-0.25, -0.2) is 9.97 Å². The van der Waals surface area contributed by atoms with Crippen molar-refractivity contribution in [3.8, 4) is 11.4 Å². The number of thiophene rings is 1. The number of carboxylic acid groups (broad SMARTS) is 1. The third-order valence-electron chi connectivity index (χ3n) is 11.1. The summed E-state index contributed by atoms with van der Waals surface area (Å²) in [6, 6.07) is 10.8. The topological polar surface area (TPSA) is 116 Å². The van der Waals surface area contributed by atoms with E-state index >= 15 is 0 Å². The van der Waals surface area contributed by atoms with Gasteiger partial charge in [0.1, 0.15) is 6.04 Å². The first kappa shape index (κ1) is 36.0. The number of nitrogens with one attached hydrogen (secondary N) is 1. The predicted octanol–water partition coefficient (Wildman–Crippen LogP) is 7.11. The number of hydrogen-bond donors (Lipinski definition) is 2. The number of nitrogens with zero attached hydrogens (tertiary/aromatic N) is 4. The van der Waals surface area contributed by atoms with E-state index in [4.69, 9.17) is 9.97 Å². The minimum absolute atomic E-state index is 0.155. The number of amides is 2. The van der Waals surface area contributed by atoms with Crippen molar-refractivity contribution in [1.82, 2.24) is 20.2 Å². The molecule has 3 aromatic rings. The van der Waals surface area contributed by atoms with E-state index in [1.807, 2.05) is 48.8 Å². The maximum atomic E-state index is 13.5. The number of hydrogen-bond acceptors (Lipinski definition) is 7. The van der Waals surface area contributed by atoms with E-state index < -0.39 is 17.9 Å². The van der Waals surface area contributed by atoms with Gasteiger partial charge in [0.2, 0.25) is 5.91 Å². The van der Waals surface area contributed by atoms with Gasteiger partial charge in [0, 0.05) is 43.0 Å². The Bertz CT molecular complexity index is 1580. The third kappa shape index (κ3) is 8.92. The number of benzene rings is 1. The molecule has 0 bridgehead atoms. The van der Waals surface area contributed by atoms with Crippen LogP contribution in [-0.2, 0) is 22.4 Å². The summed E-state index contributed by atoms with van der Waals surface area (Å²) in [6.45, 7) is 9.03. The molecule has 0 spiro atoms. The molecule has 1 aromatic carbocycles. The first-order valence-corrected chi connectivity index (χ1v) is 19.6. The molecule has 3 fully saturated rings. The van der Waals surface area contributed by atoms with Gasteiger partial charge in [0.05, 0.1) is 28.9 Å². The standard InChI is InChI=1S/C40H53N5O4S/c1-4-5-27-6-10-29(11-7-27)30-16-18-44(19-17-30)33-22-41-37(42-23-33)31-12-8-28(9-13-31)21-35(39(47)45-24-32(25-45)40(48)49)43-38(46)36-15-14-34(50-36)20-26(2)3/h8-9,12-15,22-23,26-27,29-30,32,35H,4-7,10-11,16-21,24-25H2,1-3H3,(H,43,46)(H,48,49)/t27-,29-,35-/m0/s1. The zero-order chi connectivity index (χ0) is 35.2. The monoisotopic (exact) mass is 699 g/mol. The van der Waals surface area contributed by atoms with E-state index in [9.17, 15) is 19.5 Å². The normalized spacial score (nSPS) is 20.8. The summed E-state index contributed by atoms with van der Waals surface area (Å²) in [7, 11) is 0.